The molecule has 4 nitrogen and oxygen atoms in total. The van der Waals surface area contributed by atoms with Crippen molar-refractivity contribution in [1.29, 1.82) is 0 Å². The number of hydrogen-bond donors (Lipinski definition) is 2. The van der Waals surface area contributed by atoms with Crippen molar-refractivity contribution in [2.24, 2.45) is 10.9 Å². The van der Waals surface area contributed by atoms with Crippen LogP contribution in [0.4, 0.5) is 0 Å². The average molecular weight is 396 g/mol. The smallest absolute Gasteiger partial charge is 0.191 e. The van der Waals surface area contributed by atoms with E-state index < -0.39 is 0 Å². The molecule has 0 saturated carbocycles. The molecular weight excluding hydrogens is 363 g/mol. The van der Waals surface area contributed by atoms with Crippen molar-refractivity contribution in [1.82, 2.24) is 15.5 Å². The van der Waals surface area contributed by atoms with Crippen molar-refractivity contribution < 1.29 is 0 Å². The van der Waals surface area contributed by atoms with Crippen LogP contribution in [0.25, 0.3) is 0 Å². The molecule has 0 bridgehead atoms. The van der Waals surface area contributed by atoms with E-state index in [1.54, 1.807) is 0 Å². The van der Waals surface area contributed by atoms with E-state index in [1.807, 2.05) is 0 Å². The van der Waals surface area contributed by atoms with Crippen molar-refractivity contribution in [3.63, 3.8) is 0 Å². The summed E-state index contributed by atoms with van der Waals surface area (Å²) in [6.45, 7) is 15.3. The van der Waals surface area contributed by atoms with Crippen LogP contribution in [0.1, 0.15) is 47.5 Å². The van der Waals surface area contributed by atoms with E-state index in [4.69, 9.17) is 4.99 Å². The summed E-state index contributed by atoms with van der Waals surface area (Å²) in [6, 6.07) is 0.957. The lowest BCUT2D eigenvalue weighted by Gasteiger charge is -2.34. The quantitative estimate of drug-likeness (QED) is 0.427. The Balaban J connectivity index is 0.00000361. The van der Waals surface area contributed by atoms with Gasteiger partial charge in [-0.1, -0.05) is 6.92 Å². The Kier molecular flexibility index (Phi) is 10.6. The second kappa shape index (κ2) is 10.7. The number of rotatable bonds is 5. The minimum absolute atomic E-state index is 0. The summed E-state index contributed by atoms with van der Waals surface area (Å²) in [5, 5.41) is 6.67. The largest absolute Gasteiger partial charge is 0.357 e. The van der Waals surface area contributed by atoms with E-state index in [0.29, 0.717) is 12.1 Å². The van der Waals surface area contributed by atoms with Crippen LogP contribution in [-0.4, -0.2) is 49.1 Å². The van der Waals surface area contributed by atoms with Gasteiger partial charge in [0.1, 0.15) is 0 Å². The zero-order chi connectivity index (χ0) is 14.3. The van der Waals surface area contributed by atoms with Gasteiger partial charge < -0.3 is 10.6 Å². The Hall–Kier alpha value is -0.0400. The Labute approximate surface area is 142 Å². The number of hydrogen-bond acceptors (Lipinski definition) is 2. The number of nitrogens with zero attached hydrogens (tertiary/aromatic N) is 2. The monoisotopic (exact) mass is 396 g/mol. The maximum absolute atomic E-state index is 4.70. The fourth-order valence-electron chi connectivity index (χ4n) is 2.40. The van der Waals surface area contributed by atoms with Crippen molar-refractivity contribution in [3.05, 3.63) is 0 Å². The first-order valence-electron chi connectivity index (χ1n) is 7.81. The standard InChI is InChI=1S/C15H32N4.HI/c1-6-16-15(18-12(2)3)17-11-14(5)19-9-7-13(4)8-10-19;/h12-14H,6-11H2,1-5H3,(H2,16,17,18);1H. The van der Waals surface area contributed by atoms with Crippen LogP contribution in [0.3, 0.4) is 0 Å². The van der Waals surface area contributed by atoms with Gasteiger partial charge in [0.25, 0.3) is 0 Å². The topological polar surface area (TPSA) is 39.7 Å². The highest BCUT2D eigenvalue weighted by atomic mass is 127. The summed E-state index contributed by atoms with van der Waals surface area (Å²) in [6.07, 6.45) is 2.66. The molecule has 0 aromatic carbocycles. The molecule has 20 heavy (non-hydrogen) atoms. The van der Waals surface area contributed by atoms with Crippen LogP contribution >= 0.6 is 24.0 Å². The van der Waals surface area contributed by atoms with Gasteiger partial charge in [0, 0.05) is 18.6 Å². The van der Waals surface area contributed by atoms with Crippen molar-refractivity contribution in [2.45, 2.75) is 59.5 Å². The summed E-state index contributed by atoms with van der Waals surface area (Å²) in [5.41, 5.74) is 0. The maximum Gasteiger partial charge on any atom is 0.191 e. The lowest BCUT2D eigenvalue weighted by molar-refractivity contribution is 0.150. The second-order valence-electron chi connectivity index (χ2n) is 6.09. The Morgan fingerprint density at radius 1 is 1.25 bits per heavy atom. The van der Waals surface area contributed by atoms with Gasteiger partial charge in [-0.05, 0) is 59.5 Å². The van der Waals surface area contributed by atoms with Crippen LogP contribution in [-0.2, 0) is 0 Å². The van der Waals surface area contributed by atoms with Gasteiger partial charge in [-0.25, -0.2) is 0 Å². The highest BCUT2D eigenvalue weighted by molar-refractivity contribution is 14.0. The van der Waals surface area contributed by atoms with E-state index in [-0.39, 0.29) is 24.0 Å². The highest BCUT2D eigenvalue weighted by Crippen LogP contribution is 2.17. The number of nitrogens with one attached hydrogen (secondary N) is 2. The van der Waals surface area contributed by atoms with Gasteiger partial charge in [0.2, 0.25) is 0 Å². The van der Waals surface area contributed by atoms with Gasteiger partial charge in [-0.2, -0.15) is 0 Å². The summed E-state index contributed by atoms with van der Waals surface area (Å²) in [7, 11) is 0. The van der Waals surface area contributed by atoms with Crippen LogP contribution in [0, 0.1) is 5.92 Å². The van der Waals surface area contributed by atoms with E-state index in [9.17, 15) is 0 Å². The predicted molar refractivity (Wildman–Crippen MR) is 99.1 cm³/mol. The number of aliphatic imine (C=N–C) groups is 1. The molecule has 1 unspecified atom stereocenters. The number of guanidine groups is 1. The molecule has 0 spiro atoms. The fourth-order valence-corrected chi connectivity index (χ4v) is 2.40. The first kappa shape index (κ1) is 20.0. The fraction of sp³-hybridized carbons (Fsp3) is 0.933. The summed E-state index contributed by atoms with van der Waals surface area (Å²) >= 11 is 0. The summed E-state index contributed by atoms with van der Waals surface area (Å²) in [4.78, 5) is 7.27. The van der Waals surface area contributed by atoms with Crippen molar-refractivity contribution >= 4 is 29.9 Å². The molecule has 1 fully saturated rings. The van der Waals surface area contributed by atoms with Gasteiger partial charge >= 0.3 is 0 Å². The lowest BCUT2D eigenvalue weighted by Crippen LogP contribution is -2.44. The third-order valence-corrected chi connectivity index (χ3v) is 3.72. The minimum Gasteiger partial charge on any atom is -0.357 e. The zero-order valence-corrected chi connectivity index (χ0v) is 16.1. The molecule has 120 valence electrons. The SMILES string of the molecule is CCNC(=NCC(C)N1CCC(C)CC1)NC(C)C.I. The average Bonchev–Trinajstić information content (AvgIpc) is 2.36. The molecule has 0 aliphatic carbocycles. The van der Waals surface area contributed by atoms with E-state index in [1.165, 1.54) is 25.9 Å². The molecule has 0 aromatic heterocycles. The highest BCUT2D eigenvalue weighted by Gasteiger charge is 2.19. The van der Waals surface area contributed by atoms with Gasteiger partial charge in [0.05, 0.1) is 6.54 Å². The van der Waals surface area contributed by atoms with Crippen LogP contribution < -0.4 is 10.6 Å². The molecule has 5 heteroatoms. The van der Waals surface area contributed by atoms with Crippen LogP contribution in [0.15, 0.2) is 4.99 Å². The van der Waals surface area contributed by atoms with Gasteiger partial charge in [-0.15, -0.1) is 24.0 Å². The number of halogens is 1. The molecular formula is C15H33IN4. The van der Waals surface area contributed by atoms with Crippen molar-refractivity contribution in [3.8, 4) is 0 Å². The van der Waals surface area contributed by atoms with Crippen LogP contribution in [0.5, 0.6) is 0 Å². The van der Waals surface area contributed by atoms with E-state index in [0.717, 1.165) is 25.0 Å². The maximum atomic E-state index is 4.70. The summed E-state index contributed by atoms with van der Waals surface area (Å²) < 4.78 is 0. The molecule has 1 aliphatic heterocycles. The molecule has 1 atom stereocenters. The van der Waals surface area contributed by atoms with Crippen LogP contribution in [0.2, 0.25) is 0 Å². The van der Waals surface area contributed by atoms with Gasteiger partial charge in [-0.3, -0.25) is 9.89 Å². The molecule has 0 amide bonds. The third kappa shape index (κ3) is 7.67. The first-order chi connectivity index (χ1) is 9.02. The molecule has 2 N–H and O–H groups in total. The molecule has 1 aliphatic rings. The Morgan fingerprint density at radius 2 is 1.85 bits per heavy atom. The van der Waals surface area contributed by atoms with Gasteiger partial charge in [0.15, 0.2) is 5.96 Å². The van der Waals surface area contributed by atoms with E-state index >= 15 is 0 Å². The molecule has 0 aromatic rings. The lowest BCUT2D eigenvalue weighted by atomic mass is 9.98. The molecule has 1 rings (SSSR count). The molecule has 1 saturated heterocycles. The van der Waals surface area contributed by atoms with Crippen molar-refractivity contribution in [2.75, 3.05) is 26.2 Å². The third-order valence-electron chi connectivity index (χ3n) is 3.72. The minimum atomic E-state index is 0. The first-order valence-corrected chi connectivity index (χ1v) is 7.81. The molecule has 0 radical (unpaired) electrons. The number of likely N-dealkylation sites (tertiary alicyclic amines) is 1. The second-order valence-corrected chi connectivity index (χ2v) is 6.09. The predicted octanol–water partition coefficient (Wildman–Crippen LogP) is 2.69. The normalized spacial score (nSPS) is 19.6. The summed E-state index contributed by atoms with van der Waals surface area (Å²) in [5.74, 6) is 1.83. The number of piperidine rings is 1. The zero-order valence-electron chi connectivity index (χ0n) is 13.8. The Morgan fingerprint density at radius 3 is 2.35 bits per heavy atom. The molecule has 1 heterocycles. The Bertz CT molecular complexity index is 273. The van der Waals surface area contributed by atoms with E-state index in [2.05, 4.69) is 50.2 Å².